The average molecular weight is 508 g/mol. The van der Waals surface area contributed by atoms with Crippen molar-refractivity contribution in [3.05, 3.63) is 64.9 Å². The van der Waals surface area contributed by atoms with Gasteiger partial charge in [0.25, 0.3) is 11.9 Å². The number of carbonyl (C=O) groups excluding carboxylic acids is 2. The average Bonchev–Trinajstić information content (AvgIpc) is 3.63. The molecule has 4 aromatic heterocycles. The number of thiophene rings is 1. The van der Waals surface area contributed by atoms with Crippen molar-refractivity contribution in [2.75, 3.05) is 7.11 Å². The molecule has 0 fully saturated rings. The number of hydrogen-bond acceptors (Lipinski definition) is 8. The van der Waals surface area contributed by atoms with Crippen LogP contribution in [0.4, 0.5) is 4.79 Å². The Morgan fingerprint density at radius 1 is 1.25 bits per heavy atom. The van der Waals surface area contributed by atoms with E-state index in [9.17, 15) is 9.59 Å². The van der Waals surface area contributed by atoms with Gasteiger partial charge in [-0.3, -0.25) is 4.79 Å². The van der Waals surface area contributed by atoms with Gasteiger partial charge in [-0.15, -0.1) is 11.3 Å². The summed E-state index contributed by atoms with van der Waals surface area (Å²) >= 11 is 1.62. The van der Waals surface area contributed by atoms with Gasteiger partial charge in [-0.05, 0) is 43.7 Å². The maximum atomic E-state index is 13.2. The topological polar surface area (TPSA) is 117 Å². The fourth-order valence-corrected chi connectivity index (χ4v) is 4.64. The number of ether oxygens (including phenoxy) is 1. The number of nitrogens with one attached hydrogen (secondary N) is 1. The molecule has 0 bridgehead atoms. The van der Waals surface area contributed by atoms with E-state index >= 15 is 0 Å². The quantitative estimate of drug-likeness (QED) is 0.361. The third kappa shape index (κ3) is 5.51. The molecular formula is C25H29N7O3S. The van der Waals surface area contributed by atoms with E-state index in [4.69, 9.17) is 9.72 Å². The smallest absolute Gasteiger partial charge is 0.418 e. The second-order valence-electron chi connectivity index (χ2n) is 8.52. The van der Waals surface area contributed by atoms with Gasteiger partial charge in [-0.25, -0.2) is 29.0 Å². The predicted octanol–water partition coefficient (Wildman–Crippen LogP) is 4.21. The molecule has 11 heteroatoms. The maximum absolute atomic E-state index is 13.2. The lowest BCUT2D eigenvalue weighted by molar-refractivity contribution is 0.0938. The number of aromatic nitrogens is 6. The van der Waals surface area contributed by atoms with Crippen LogP contribution in [0.5, 0.6) is 0 Å². The van der Waals surface area contributed by atoms with Crippen molar-refractivity contribution in [1.82, 2.24) is 34.6 Å². The molecule has 0 unspecified atom stereocenters. The van der Waals surface area contributed by atoms with Crippen LogP contribution in [0.1, 0.15) is 54.0 Å². The second kappa shape index (κ2) is 11.3. The fraction of sp³-hybridized carbons (Fsp3) is 0.360. The van der Waals surface area contributed by atoms with Crippen molar-refractivity contribution in [3.63, 3.8) is 0 Å². The van der Waals surface area contributed by atoms with Gasteiger partial charge in [-0.1, -0.05) is 19.4 Å². The molecule has 1 atom stereocenters. The molecular weight excluding hydrogens is 478 g/mol. The lowest BCUT2D eigenvalue weighted by atomic mass is 10.1. The third-order valence-corrected chi connectivity index (χ3v) is 6.57. The summed E-state index contributed by atoms with van der Waals surface area (Å²) in [5.74, 6) is 0.216. The summed E-state index contributed by atoms with van der Waals surface area (Å²) in [6.45, 7) is 5.98. The fourth-order valence-electron chi connectivity index (χ4n) is 3.86. The first-order chi connectivity index (χ1) is 17.4. The molecule has 1 N–H and O–H groups in total. The number of methoxy groups -OCH3 is 1. The molecule has 10 nitrogen and oxygen atoms in total. The molecule has 0 radical (unpaired) electrons. The van der Waals surface area contributed by atoms with Crippen LogP contribution in [-0.4, -0.2) is 54.5 Å². The number of carbonyl (C=O) groups is 2. The molecule has 188 valence electrons. The number of rotatable bonds is 9. The largest absolute Gasteiger partial charge is 0.452 e. The number of imidazole rings is 1. The summed E-state index contributed by atoms with van der Waals surface area (Å²) < 4.78 is 7.63. The van der Waals surface area contributed by atoms with Crippen molar-refractivity contribution in [2.24, 2.45) is 0 Å². The Morgan fingerprint density at radius 3 is 2.81 bits per heavy atom. The van der Waals surface area contributed by atoms with Crippen LogP contribution in [-0.2, 0) is 17.6 Å². The highest BCUT2D eigenvalue weighted by atomic mass is 32.1. The van der Waals surface area contributed by atoms with Crippen LogP contribution in [0.15, 0.2) is 42.4 Å². The van der Waals surface area contributed by atoms with E-state index in [0.29, 0.717) is 30.0 Å². The van der Waals surface area contributed by atoms with Gasteiger partial charge in [0.05, 0.1) is 40.8 Å². The molecule has 0 aliphatic rings. The highest BCUT2D eigenvalue weighted by Crippen LogP contribution is 2.26. The standard InChI is InChI=1S/C25H29N7O3S/c1-5-6-8-20-19(23(33)29-17(3)11-18-14-31(15-27-18)25(34)35-4)13-28-32(20)24-26-12-16(2)22(30-24)21-9-7-10-36-21/h7,9-10,12-15,17H,5-6,8,11H2,1-4H3,(H,29,33)/t17-/m1/s1. The van der Waals surface area contributed by atoms with Crippen LogP contribution >= 0.6 is 11.3 Å². The summed E-state index contributed by atoms with van der Waals surface area (Å²) in [5, 5.41) is 9.54. The zero-order valence-corrected chi connectivity index (χ0v) is 21.6. The SMILES string of the molecule is CCCCc1c(C(=O)N[C@H](C)Cc2cn(C(=O)OC)cn2)cnn1-c1ncc(C)c(-c2cccs2)n1. The number of nitrogens with zero attached hydrogens (tertiary/aromatic N) is 6. The minimum atomic E-state index is -0.515. The minimum absolute atomic E-state index is 0.220. The van der Waals surface area contributed by atoms with Crippen molar-refractivity contribution in [2.45, 2.75) is 52.5 Å². The lowest BCUT2D eigenvalue weighted by Crippen LogP contribution is -2.34. The van der Waals surface area contributed by atoms with Gasteiger partial charge in [-0.2, -0.15) is 5.10 Å². The monoisotopic (exact) mass is 507 g/mol. The second-order valence-corrected chi connectivity index (χ2v) is 9.47. The molecule has 0 saturated carbocycles. The first-order valence-corrected chi connectivity index (χ1v) is 12.7. The van der Waals surface area contributed by atoms with Crippen molar-refractivity contribution in [3.8, 4) is 16.5 Å². The van der Waals surface area contributed by atoms with Gasteiger partial charge in [0.15, 0.2) is 0 Å². The molecule has 4 rings (SSSR count). The van der Waals surface area contributed by atoms with Gasteiger partial charge in [0, 0.05) is 24.9 Å². The maximum Gasteiger partial charge on any atom is 0.418 e. The van der Waals surface area contributed by atoms with E-state index in [-0.39, 0.29) is 11.9 Å². The molecule has 0 aromatic carbocycles. The molecule has 0 saturated heterocycles. The van der Waals surface area contributed by atoms with E-state index in [1.165, 1.54) is 18.0 Å². The minimum Gasteiger partial charge on any atom is -0.452 e. The summed E-state index contributed by atoms with van der Waals surface area (Å²) in [7, 11) is 1.31. The van der Waals surface area contributed by atoms with E-state index in [1.807, 2.05) is 31.4 Å². The first kappa shape index (κ1) is 25.2. The van der Waals surface area contributed by atoms with Crippen LogP contribution in [0.25, 0.3) is 16.5 Å². The van der Waals surface area contributed by atoms with E-state index in [0.717, 1.165) is 34.7 Å². The Balaban J connectivity index is 1.56. The van der Waals surface area contributed by atoms with Crippen LogP contribution in [0, 0.1) is 6.92 Å². The first-order valence-electron chi connectivity index (χ1n) is 11.8. The van der Waals surface area contributed by atoms with Crippen LogP contribution in [0.3, 0.4) is 0 Å². The summed E-state index contributed by atoms with van der Waals surface area (Å²) in [5.41, 5.74) is 3.78. The lowest BCUT2D eigenvalue weighted by Gasteiger charge is -2.14. The summed E-state index contributed by atoms with van der Waals surface area (Å²) in [4.78, 5) is 39.5. The molecule has 0 spiro atoms. The number of amides is 1. The van der Waals surface area contributed by atoms with Crippen molar-refractivity contribution < 1.29 is 14.3 Å². The number of aryl methyl sites for hydroxylation is 1. The van der Waals surface area contributed by atoms with Crippen molar-refractivity contribution >= 4 is 23.3 Å². The molecule has 4 aromatic rings. The molecule has 0 aliphatic heterocycles. The highest BCUT2D eigenvalue weighted by Gasteiger charge is 2.22. The Bertz CT molecular complexity index is 1340. The van der Waals surface area contributed by atoms with Gasteiger partial charge in [0.2, 0.25) is 0 Å². The van der Waals surface area contributed by atoms with Crippen LogP contribution in [0.2, 0.25) is 0 Å². The Morgan fingerprint density at radius 2 is 2.08 bits per heavy atom. The third-order valence-electron chi connectivity index (χ3n) is 5.70. The van der Waals surface area contributed by atoms with Gasteiger partial charge < -0.3 is 10.1 Å². The van der Waals surface area contributed by atoms with Gasteiger partial charge >= 0.3 is 6.09 Å². The Labute approximate surface area is 213 Å². The zero-order chi connectivity index (χ0) is 25.7. The van der Waals surface area contributed by atoms with E-state index < -0.39 is 6.09 Å². The van der Waals surface area contributed by atoms with Crippen molar-refractivity contribution in [1.29, 1.82) is 0 Å². The Kier molecular flexibility index (Phi) is 7.89. The summed E-state index contributed by atoms with van der Waals surface area (Å²) in [6, 6.07) is 3.80. The molecule has 4 heterocycles. The molecule has 36 heavy (non-hydrogen) atoms. The molecule has 0 aliphatic carbocycles. The Hall–Kier alpha value is -3.86. The zero-order valence-electron chi connectivity index (χ0n) is 20.8. The normalized spacial score (nSPS) is 11.9. The van der Waals surface area contributed by atoms with Crippen LogP contribution < -0.4 is 5.32 Å². The van der Waals surface area contributed by atoms with E-state index in [1.54, 1.807) is 34.6 Å². The van der Waals surface area contributed by atoms with E-state index in [2.05, 4.69) is 27.3 Å². The highest BCUT2D eigenvalue weighted by molar-refractivity contribution is 7.13. The summed E-state index contributed by atoms with van der Waals surface area (Å²) in [6.07, 6.45) is 8.84. The predicted molar refractivity (Wildman–Crippen MR) is 136 cm³/mol. The number of hydrogen-bond donors (Lipinski definition) is 1. The van der Waals surface area contributed by atoms with Gasteiger partial charge in [0.1, 0.15) is 6.33 Å². The molecule has 1 amide bonds. The number of unbranched alkanes of at least 4 members (excludes halogenated alkanes) is 1.